The van der Waals surface area contributed by atoms with Gasteiger partial charge in [-0.1, -0.05) is 32.6 Å². The van der Waals surface area contributed by atoms with Gasteiger partial charge in [0.15, 0.2) is 0 Å². The van der Waals surface area contributed by atoms with Gasteiger partial charge in [-0.3, -0.25) is 14.4 Å². The second-order valence-corrected chi connectivity index (χ2v) is 13.2. The van der Waals surface area contributed by atoms with Crippen LogP contribution >= 0.6 is 11.8 Å². The Hall–Kier alpha value is -2.78. The molecule has 3 fully saturated rings. The van der Waals surface area contributed by atoms with Gasteiger partial charge in [0.05, 0.1) is 36.3 Å². The average molecular weight is 557 g/mol. The molecule has 3 saturated heterocycles. The van der Waals surface area contributed by atoms with Gasteiger partial charge in [0.2, 0.25) is 5.91 Å². The smallest absolute Gasteiger partial charge is 0.311 e. The molecule has 1 N–H and O–H groups in total. The average Bonchev–Trinajstić information content (AvgIpc) is 3.49. The van der Waals surface area contributed by atoms with E-state index in [-0.39, 0.29) is 37.5 Å². The topological polar surface area (TPSA) is 96.4 Å². The number of carbonyl (C=O) groups excluding carboxylic acids is 3. The van der Waals surface area contributed by atoms with E-state index >= 15 is 0 Å². The normalized spacial score (nSPS) is 29.7. The van der Waals surface area contributed by atoms with E-state index in [2.05, 4.69) is 13.2 Å². The molecule has 4 rings (SSSR count). The molecular formula is C30H40N2O6S. The zero-order valence-electron chi connectivity index (χ0n) is 23.3. The molecule has 0 aromatic heterocycles. The van der Waals surface area contributed by atoms with Crippen LogP contribution < -0.4 is 9.64 Å². The highest BCUT2D eigenvalue weighted by molar-refractivity contribution is 8.02. The second kappa shape index (κ2) is 11.4. The summed E-state index contributed by atoms with van der Waals surface area (Å²) in [6.45, 7) is 13.6. The molecule has 3 aliphatic heterocycles. The van der Waals surface area contributed by atoms with Crippen molar-refractivity contribution in [3.05, 3.63) is 49.6 Å². The van der Waals surface area contributed by atoms with Gasteiger partial charge in [0, 0.05) is 17.0 Å². The number of hydrogen-bond acceptors (Lipinski definition) is 7. The van der Waals surface area contributed by atoms with Gasteiger partial charge in [-0.2, -0.15) is 0 Å². The molecule has 1 spiro atoms. The van der Waals surface area contributed by atoms with E-state index in [0.29, 0.717) is 30.7 Å². The molecule has 3 aliphatic rings. The van der Waals surface area contributed by atoms with Crippen LogP contribution in [0.4, 0.5) is 5.69 Å². The Morgan fingerprint density at radius 2 is 1.92 bits per heavy atom. The van der Waals surface area contributed by atoms with Crippen LogP contribution in [0.1, 0.15) is 40.0 Å². The molecule has 2 unspecified atom stereocenters. The monoisotopic (exact) mass is 556 g/mol. The van der Waals surface area contributed by atoms with Crippen molar-refractivity contribution >= 4 is 35.2 Å². The Morgan fingerprint density at radius 3 is 2.49 bits per heavy atom. The number of methoxy groups -OCH3 is 1. The minimum atomic E-state index is -0.850. The summed E-state index contributed by atoms with van der Waals surface area (Å²) in [4.78, 5) is 45.7. The number of esters is 1. The van der Waals surface area contributed by atoms with Gasteiger partial charge < -0.3 is 24.4 Å². The number of hydrogen-bond donors (Lipinski definition) is 1. The minimum Gasteiger partial charge on any atom is -0.497 e. The fraction of sp³-hybridized carbons (Fsp3) is 0.567. The van der Waals surface area contributed by atoms with Crippen molar-refractivity contribution in [2.45, 2.75) is 61.6 Å². The Bertz CT molecular complexity index is 1120. The van der Waals surface area contributed by atoms with Crippen LogP contribution in [0.15, 0.2) is 49.6 Å². The molecule has 2 bridgehead atoms. The van der Waals surface area contributed by atoms with E-state index in [4.69, 9.17) is 9.47 Å². The lowest BCUT2D eigenvalue weighted by atomic mass is 9.66. The van der Waals surface area contributed by atoms with Gasteiger partial charge in [0.25, 0.3) is 5.91 Å². The largest absolute Gasteiger partial charge is 0.497 e. The van der Waals surface area contributed by atoms with Crippen molar-refractivity contribution in [2.24, 2.45) is 17.8 Å². The fourth-order valence-electron chi connectivity index (χ4n) is 6.81. The fourth-order valence-corrected chi connectivity index (χ4v) is 9.13. The van der Waals surface area contributed by atoms with Crippen molar-refractivity contribution in [2.75, 3.05) is 31.8 Å². The number of rotatable bonds is 12. The van der Waals surface area contributed by atoms with Crippen LogP contribution in [0.25, 0.3) is 0 Å². The van der Waals surface area contributed by atoms with Crippen LogP contribution in [0.5, 0.6) is 5.75 Å². The van der Waals surface area contributed by atoms with Crippen LogP contribution in [0, 0.1) is 17.8 Å². The van der Waals surface area contributed by atoms with E-state index in [1.54, 1.807) is 46.9 Å². The molecule has 0 aliphatic carbocycles. The second-order valence-electron chi connectivity index (χ2n) is 11.3. The Labute approximate surface area is 235 Å². The number of thioether (sulfide) groups is 1. The molecule has 39 heavy (non-hydrogen) atoms. The quantitative estimate of drug-likeness (QED) is 0.309. The van der Waals surface area contributed by atoms with Crippen molar-refractivity contribution in [3.8, 4) is 5.75 Å². The summed E-state index contributed by atoms with van der Waals surface area (Å²) in [5.41, 5.74) is 0.656. The summed E-state index contributed by atoms with van der Waals surface area (Å²) in [6.07, 6.45) is 5.01. The molecule has 212 valence electrons. The third-order valence-corrected chi connectivity index (χ3v) is 10.3. The first-order valence-corrected chi connectivity index (χ1v) is 14.4. The predicted molar refractivity (Wildman–Crippen MR) is 153 cm³/mol. The van der Waals surface area contributed by atoms with E-state index in [0.717, 1.165) is 0 Å². The highest BCUT2D eigenvalue weighted by atomic mass is 32.2. The first-order chi connectivity index (χ1) is 18.6. The molecule has 1 aromatic rings. The van der Waals surface area contributed by atoms with Crippen LogP contribution in [-0.2, 0) is 19.1 Å². The lowest BCUT2D eigenvalue weighted by molar-refractivity contribution is -0.155. The molecular weight excluding hydrogens is 516 g/mol. The summed E-state index contributed by atoms with van der Waals surface area (Å²) in [6, 6.07) is 5.79. The highest BCUT2D eigenvalue weighted by Gasteiger charge is 2.78. The summed E-state index contributed by atoms with van der Waals surface area (Å²) >= 11 is 1.59. The van der Waals surface area contributed by atoms with Crippen LogP contribution in [0.2, 0.25) is 0 Å². The molecule has 6 atom stereocenters. The number of benzene rings is 1. The number of ether oxygens (including phenoxy) is 2. The zero-order valence-corrected chi connectivity index (χ0v) is 24.1. The number of aliphatic hydroxyl groups is 1. The maximum absolute atomic E-state index is 14.7. The van der Waals surface area contributed by atoms with Gasteiger partial charge in [0.1, 0.15) is 18.4 Å². The number of carbonyl (C=O) groups is 3. The van der Waals surface area contributed by atoms with Crippen molar-refractivity contribution < 1.29 is 29.0 Å². The zero-order chi connectivity index (χ0) is 28.5. The molecule has 0 saturated carbocycles. The standard InChI is InChI=1S/C30H40N2O6S/c1-7-15-31(20-9-11-22(37-6)12-10-20)27(35)25-30-14-13-29(5,39-30)24(28(36)38-16-8-2)23(30)26(34)32(25)21(18-33)17-19(3)4/h7-12,19,21,23-25,33H,1-2,13-18H2,3-6H3/t21-,23+,24-,25?,29+,30?/m1/s1. The maximum Gasteiger partial charge on any atom is 0.311 e. The third kappa shape index (κ3) is 4.88. The first kappa shape index (κ1) is 29.2. The molecule has 2 amide bonds. The molecule has 8 nitrogen and oxygen atoms in total. The maximum atomic E-state index is 14.7. The van der Waals surface area contributed by atoms with Crippen LogP contribution in [0.3, 0.4) is 0 Å². The van der Waals surface area contributed by atoms with E-state index < -0.39 is 39.4 Å². The molecule has 9 heteroatoms. The molecule has 3 heterocycles. The lowest BCUT2D eigenvalue weighted by Gasteiger charge is -2.40. The van der Waals surface area contributed by atoms with Crippen molar-refractivity contribution in [1.82, 2.24) is 4.90 Å². The minimum absolute atomic E-state index is 0.0628. The number of nitrogens with zero attached hydrogens (tertiary/aromatic N) is 2. The van der Waals surface area contributed by atoms with Gasteiger partial charge in [-0.05, 0) is 56.4 Å². The van der Waals surface area contributed by atoms with E-state index in [1.807, 2.05) is 32.9 Å². The summed E-state index contributed by atoms with van der Waals surface area (Å²) in [5.74, 6) is -1.47. The number of likely N-dealkylation sites (tertiary alicyclic amines) is 1. The summed E-state index contributed by atoms with van der Waals surface area (Å²) < 4.78 is 9.45. The Balaban J connectivity index is 1.83. The van der Waals surface area contributed by atoms with Gasteiger partial charge in [-0.15, -0.1) is 18.3 Å². The van der Waals surface area contributed by atoms with E-state index in [1.165, 1.54) is 6.08 Å². The first-order valence-electron chi connectivity index (χ1n) is 13.6. The Morgan fingerprint density at radius 1 is 1.23 bits per heavy atom. The van der Waals surface area contributed by atoms with Crippen molar-refractivity contribution in [1.29, 1.82) is 0 Å². The van der Waals surface area contributed by atoms with E-state index in [9.17, 15) is 19.5 Å². The summed E-state index contributed by atoms with van der Waals surface area (Å²) in [7, 11) is 1.58. The number of anilines is 1. The van der Waals surface area contributed by atoms with Gasteiger partial charge in [-0.25, -0.2) is 0 Å². The predicted octanol–water partition coefficient (Wildman–Crippen LogP) is 3.83. The van der Waals surface area contributed by atoms with Gasteiger partial charge >= 0.3 is 5.97 Å². The lowest BCUT2D eigenvalue weighted by Crippen LogP contribution is -2.57. The SMILES string of the molecule is C=CCOC(=O)[C@H]1[C@H]2C(=O)N([C@@H](CO)CC(C)C)C(C(=O)N(CC=C)c3ccc(OC)cc3)C23CC[C@]1(C)S3. The third-order valence-electron chi connectivity index (χ3n) is 8.36. The Kier molecular flexibility index (Phi) is 8.52. The number of aliphatic hydroxyl groups excluding tert-OH is 1. The van der Waals surface area contributed by atoms with Crippen LogP contribution in [-0.4, -0.2) is 76.2 Å². The highest BCUT2D eigenvalue weighted by Crippen LogP contribution is 2.72. The molecule has 0 radical (unpaired) electrons. The molecule has 1 aromatic carbocycles. The number of amides is 2. The number of fused-ring (bicyclic) bond motifs is 1. The summed E-state index contributed by atoms with van der Waals surface area (Å²) in [5, 5.41) is 10.5. The van der Waals surface area contributed by atoms with Crippen molar-refractivity contribution in [3.63, 3.8) is 0 Å².